The molecule has 1 heterocycles. The van der Waals surface area contributed by atoms with Crippen LogP contribution in [0.1, 0.15) is 47.0 Å². The highest BCUT2D eigenvalue weighted by Crippen LogP contribution is 2.33. The zero-order valence-electron chi connectivity index (χ0n) is 18.2. The van der Waals surface area contributed by atoms with Crippen LogP contribution in [-0.4, -0.2) is 51.1 Å². The number of carbonyl (C=O) groups excluding carboxylic acids is 2. The molecule has 2 aliphatic rings. The number of hydrogen-bond donors (Lipinski definition) is 3. The number of amides is 2. The zero-order valence-corrected chi connectivity index (χ0v) is 19.0. The van der Waals surface area contributed by atoms with Crippen LogP contribution >= 0.6 is 11.8 Å². The van der Waals surface area contributed by atoms with Crippen LogP contribution in [0.2, 0.25) is 0 Å². The van der Waals surface area contributed by atoms with Gasteiger partial charge in [-0.25, -0.2) is 0 Å². The fourth-order valence-electron chi connectivity index (χ4n) is 3.47. The monoisotopic (exact) mass is 435 g/mol. The molecule has 4 N–H and O–H groups in total. The summed E-state index contributed by atoms with van der Waals surface area (Å²) in [5.41, 5.74) is 1.33. The van der Waals surface area contributed by atoms with Crippen molar-refractivity contribution < 1.29 is 19.5 Å². The van der Waals surface area contributed by atoms with Crippen LogP contribution in [-0.2, 0) is 14.4 Å². The van der Waals surface area contributed by atoms with Crippen molar-refractivity contribution in [2.45, 2.75) is 63.9 Å². The Balaban J connectivity index is 2.23. The smallest absolute Gasteiger partial charge is 0.254 e. The number of rotatable bonds is 8. The van der Waals surface area contributed by atoms with Gasteiger partial charge >= 0.3 is 0 Å². The van der Waals surface area contributed by atoms with E-state index < -0.39 is 18.1 Å². The van der Waals surface area contributed by atoms with Crippen molar-refractivity contribution in [3.63, 3.8) is 0 Å². The first kappa shape index (κ1) is 24.2. The third-order valence-electron chi connectivity index (χ3n) is 5.20. The van der Waals surface area contributed by atoms with Gasteiger partial charge in [-0.2, -0.15) is 5.90 Å². The molecule has 1 aliphatic carbocycles. The zero-order chi connectivity index (χ0) is 22.3. The molecule has 1 saturated heterocycles. The minimum atomic E-state index is -1.36. The molecule has 8 heteroatoms. The van der Waals surface area contributed by atoms with Crippen LogP contribution in [0.15, 0.2) is 47.3 Å². The Morgan fingerprint density at radius 2 is 2.13 bits per heavy atom. The second-order valence-corrected chi connectivity index (χ2v) is 9.76. The van der Waals surface area contributed by atoms with Gasteiger partial charge in [-0.1, -0.05) is 37.3 Å². The number of hydrogen-bond acceptors (Lipinski definition) is 6. The van der Waals surface area contributed by atoms with Gasteiger partial charge in [-0.15, -0.1) is 11.8 Å². The summed E-state index contributed by atoms with van der Waals surface area (Å²) in [4.78, 5) is 32.2. The second kappa shape index (κ2) is 10.8. The first-order valence-corrected chi connectivity index (χ1v) is 11.2. The van der Waals surface area contributed by atoms with Crippen LogP contribution in [0.3, 0.4) is 0 Å². The van der Waals surface area contributed by atoms with E-state index >= 15 is 0 Å². The highest BCUT2D eigenvalue weighted by molar-refractivity contribution is 8.00. The lowest BCUT2D eigenvalue weighted by atomic mass is 9.98. The van der Waals surface area contributed by atoms with Gasteiger partial charge in [0.15, 0.2) is 6.10 Å². The third kappa shape index (κ3) is 6.48. The molecule has 0 radical (unpaired) electrons. The van der Waals surface area contributed by atoms with Crippen molar-refractivity contribution in [3.05, 3.63) is 47.3 Å². The molecule has 0 aromatic rings. The van der Waals surface area contributed by atoms with Gasteiger partial charge in [0, 0.05) is 11.3 Å². The molecule has 166 valence electrons. The van der Waals surface area contributed by atoms with Gasteiger partial charge < -0.3 is 20.2 Å². The van der Waals surface area contributed by atoms with Crippen molar-refractivity contribution in [1.82, 2.24) is 10.2 Å². The number of allylic oxidation sites excluding steroid dienone is 6. The minimum absolute atomic E-state index is 0.0555. The highest BCUT2D eigenvalue weighted by Gasteiger charge is 2.38. The lowest BCUT2D eigenvalue weighted by Gasteiger charge is -2.28. The number of aliphatic hydroxyl groups excluding tert-OH is 1. The molecule has 0 bridgehead atoms. The van der Waals surface area contributed by atoms with Crippen LogP contribution in [0, 0.1) is 0 Å². The van der Waals surface area contributed by atoms with Crippen LogP contribution in [0.5, 0.6) is 0 Å². The first-order valence-electron chi connectivity index (χ1n) is 10.2. The molecular weight excluding hydrogens is 402 g/mol. The highest BCUT2D eigenvalue weighted by atomic mass is 32.2. The number of aliphatic hydroxyl groups is 1. The van der Waals surface area contributed by atoms with E-state index in [1.54, 1.807) is 23.6 Å². The van der Waals surface area contributed by atoms with E-state index in [0.717, 1.165) is 12.0 Å². The van der Waals surface area contributed by atoms with Gasteiger partial charge in [0.05, 0.1) is 17.5 Å². The summed E-state index contributed by atoms with van der Waals surface area (Å²) in [6.45, 7) is 8.12. The SMILES string of the molecule is CC/C(C(=O)NC(CC1=CCC=CC=C1)C(O)C(=O)N1CSC(C)(C)C1)=C(/C)ON. The van der Waals surface area contributed by atoms with Gasteiger partial charge in [0.2, 0.25) is 0 Å². The summed E-state index contributed by atoms with van der Waals surface area (Å²) in [6.07, 6.45) is 9.97. The summed E-state index contributed by atoms with van der Waals surface area (Å²) >= 11 is 1.67. The molecule has 0 spiro atoms. The number of nitrogens with two attached hydrogens (primary N) is 1. The molecule has 0 aromatic carbocycles. The van der Waals surface area contributed by atoms with Gasteiger partial charge in [-0.3, -0.25) is 9.59 Å². The molecule has 0 aromatic heterocycles. The summed E-state index contributed by atoms with van der Waals surface area (Å²) in [5.74, 6) is 5.29. The van der Waals surface area contributed by atoms with E-state index in [1.165, 1.54) is 0 Å². The Morgan fingerprint density at radius 1 is 1.40 bits per heavy atom. The standard InChI is InChI=1S/C22H33N3O4S/c1-5-17(15(2)29-23)20(27)24-18(12-16-10-8-6-7-9-11-16)19(26)21(28)25-13-22(3,4)30-14-25/h6-8,10-11,18-19,26H,5,9,12-14,23H2,1-4H3,(H,24,27)/b17-15+. The average molecular weight is 436 g/mol. The largest absolute Gasteiger partial charge is 0.416 e. The van der Waals surface area contributed by atoms with E-state index in [2.05, 4.69) is 19.2 Å². The predicted molar refractivity (Wildman–Crippen MR) is 120 cm³/mol. The summed E-state index contributed by atoms with van der Waals surface area (Å²) in [7, 11) is 0. The van der Waals surface area contributed by atoms with E-state index in [0.29, 0.717) is 36.6 Å². The maximum atomic E-state index is 13.0. The van der Waals surface area contributed by atoms with E-state index in [9.17, 15) is 14.7 Å². The first-order chi connectivity index (χ1) is 14.2. The topological polar surface area (TPSA) is 105 Å². The molecule has 7 nitrogen and oxygen atoms in total. The fourth-order valence-corrected chi connectivity index (χ4v) is 4.44. The normalized spacial score (nSPS) is 20.7. The van der Waals surface area contributed by atoms with E-state index in [-0.39, 0.29) is 10.7 Å². The van der Waals surface area contributed by atoms with Crippen LogP contribution in [0.4, 0.5) is 0 Å². The number of nitrogens with one attached hydrogen (secondary N) is 1. The van der Waals surface area contributed by atoms with Gasteiger partial charge in [0.1, 0.15) is 5.76 Å². The second-order valence-electron chi connectivity index (χ2n) is 8.11. The van der Waals surface area contributed by atoms with Crippen molar-refractivity contribution in [1.29, 1.82) is 0 Å². The molecule has 2 rings (SSSR count). The number of carbonyl (C=O) groups is 2. The molecule has 2 unspecified atom stereocenters. The number of nitrogens with zero attached hydrogens (tertiary/aromatic N) is 1. The van der Waals surface area contributed by atoms with Crippen LogP contribution < -0.4 is 11.2 Å². The van der Waals surface area contributed by atoms with Crippen molar-refractivity contribution >= 4 is 23.6 Å². The third-order valence-corrected chi connectivity index (χ3v) is 6.56. The molecule has 0 saturated carbocycles. The lowest BCUT2D eigenvalue weighted by molar-refractivity contribution is -0.141. The minimum Gasteiger partial charge on any atom is -0.416 e. The lowest BCUT2D eigenvalue weighted by Crippen LogP contribution is -2.52. The maximum Gasteiger partial charge on any atom is 0.254 e. The van der Waals surface area contributed by atoms with Crippen molar-refractivity contribution in [3.8, 4) is 0 Å². The Hall–Kier alpha value is -2.03. The Labute approximate surface area is 183 Å². The molecular formula is C22H33N3O4S. The molecule has 2 atom stereocenters. The van der Waals surface area contributed by atoms with Crippen LogP contribution in [0.25, 0.3) is 0 Å². The Bertz CT molecular complexity index is 770. The molecule has 1 aliphatic heterocycles. The van der Waals surface area contributed by atoms with Crippen molar-refractivity contribution in [2.75, 3.05) is 12.4 Å². The van der Waals surface area contributed by atoms with Crippen molar-refractivity contribution in [2.24, 2.45) is 5.90 Å². The van der Waals surface area contributed by atoms with E-state index in [1.807, 2.05) is 37.3 Å². The quantitative estimate of drug-likeness (QED) is 0.307. The summed E-state index contributed by atoms with van der Waals surface area (Å²) in [5, 5.41) is 13.8. The molecule has 30 heavy (non-hydrogen) atoms. The molecule has 2 amide bonds. The Morgan fingerprint density at radius 3 is 2.73 bits per heavy atom. The maximum absolute atomic E-state index is 13.0. The predicted octanol–water partition coefficient (Wildman–Crippen LogP) is 2.55. The van der Waals surface area contributed by atoms with E-state index in [4.69, 9.17) is 10.7 Å². The molecule has 1 fully saturated rings. The fraction of sp³-hybridized carbons (Fsp3) is 0.545. The summed E-state index contributed by atoms with van der Waals surface area (Å²) < 4.78 is -0.0555. The summed E-state index contributed by atoms with van der Waals surface area (Å²) in [6, 6.07) is -0.778. The van der Waals surface area contributed by atoms with Gasteiger partial charge in [0.25, 0.3) is 11.8 Å². The van der Waals surface area contributed by atoms with Gasteiger partial charge in [-0.05, 0) is 45.6 Å². The number of thioether (sulfide) groups is 1. The Kier molecular flexibility index (Phi) is 8.76. The average Bonchev–Trinajstić information content (AvgIpc) is 2.90.